The molecule has 9 heteroatoms. The molecule has 2 atom stereocenters. The molecule has 0 saturated carbocycles. The number of carbonyl (C=O) groups is 1. The highest BCUT2D eigenvalue weighted by Gasteiger charge is 2.26. The van der Waals surface area contributed by atoms with E-state index in [1.807, 2.05) is 18.7 Å². The molecule has 1 saturated heterocycles. The minimum absolute atomic E-state index is 0.000663. The van der Waals surface area contributed by atoms with Crippen LogP contribution in [0.1, 0.15) is 27.7 Å². The van der Waals surface area contributed by atoms with Crippen molar-refractivity contribution in [2.45, 2.75) is 44.8 Å². The molecule has 1 aromatic carbocycles. The molecule has 1 N–H and O–H groups in total. The largest absolute Gasteiger partial charge is 0.373 e. The molecular weight excluding hydrogens is 390 g/mol. The van der Waals surface area contributed by atoms with E-state index in [9.17, 15) is 13.2 Å². The minimum Gasteiger partial charge on any atom is -0.373 e. The van der Waals surface area contributed by atoms with Crippen LogP contribution >= 0.6 is 11.6 Å². The maximum atomic E-state index is 12.7. The molecule has 2 rings (SSSR count). The highest BCUT2D eigenvalue weighted by atomic mass is 35.5. The van der Waals surface area contributed by atoms with Crippen LogP contribution in [0.25, 0.3) is 0 Å². The lowest BCUT2D eigenvalue weighted by atomic mass is 10.2. The Morgan fingerprint density at radius 1 is 1.26 bits per heavy atom. The second kappa shape index (κ2) is 9.34. The summed E-state index contributed by atoms with van der Waals surface area (Å²) in [7, 11) is -3.71. The van der Waals surface area contributed by atoms with E-state index < -0.39 is 10.0 Å². The summed E-state index contributed by atoms with van der Waals surface area (Å²) >= 11 is 6.12. The van der Waals surface area contributed by atoms with Crippen LogP contribution in [0.2, 0.25) is 5.02 Å². The number of amides is 1. The first kappa shape index (κ1) is 22.1. The Morgan fingerprint density at radius 2 is 1.85 bits per heavy atom. The van der Waals surface area contributed by atoms with E-state index in [1.54, 1.807) is 19.9 Å². The summed E-state index contributed by atoms with van der Waals surface area (Å²) < 4.78 is 32.5. The van der Waals surface area contributed by atoms with E-state index in [0.717, 1.165) is 0 Å². The fraction of sp³-hybridized carbons (Fsp3) is 0.611. The Morgan fingerprint density at radius 3 is 2.41 bits per heavy atom. The second-order valence-electron chi connectivity index (χ2n) is 6.73. The van der Waals surface area contributed by atoms with Gasteiger partial charge in [-0.3, -0.25) is 9.69 Å². The normalized spacial score (nSPS) is 21.4. The summed E-state index contributed by atoms with van der Waals surface area (Å²) in [6.45, 7) is 9.76. The van der Waals surface area contributed by atoms with Gasteiger partial charge in [0.15, 0.2) is 0 Å². The molecule has 0 aromatic heterocycles. The summed E-state index contributed by atoms with van der Waals surface area (Å²) in [5.41, 5.74) is 0.407. The van der Waals surface area contributed by atoms with Gasteiger partial charge >= 0.3 is 0 Å². The average molecular weight is 418 g/mol. The number of hydrogen-bond acceptors (Lipinski definition) is 5. The van der Waals surface area contributed by atoms with E-state index in [0.29, 0.717) is 31.9 Å². The van der Waals surface area contributed by atoms with Gasteiger partial charge in [-0.25, -0.2) is 8.42 Å². The number of ether oxygens (including phenoxy) is 1. The molecule has 1 heterocycles. The van der Waals surface area contributed by atoms with Crippen LogP contribution in [0.15, 0.2) is 23.1 Å². The Balaban J connectivity index is 2.12. The maximum absolute atomic E-state index is 12.7. The smallest absolute Gasteiger partial charge is 0.244 e. The van der Waals surface area contributed by atoms with Gasteiger partial charge < -0.3 is 10.1 Å². The van der Waals surface area contributed by atoms with Crippen molar-refractivity contribution in [2.75, 3.05) is 38.0 Å². The lowest BCUT2D eigenvalue weighted by molar-refractivity contribution is -0.121. The molecule has 0 radical (unpaired) electrons. The second-order valence-corrected chi connectivity index (χ2v) is 9.05. The van der Waals surface area contributed by atoms with Crippen molar-refractivity contribution in [3.05, 3.63) is 23.2 Å². The molecule has 0 spiro atoms. The summed E-state index contributed by atoms with van der Waals surface area (Å²) in [5.74, 6) is -0.204. The van der Waals surface area contributed by atoms with Gasteiger partial charge in [-0.05, 0) is 32.0 Å². The molecule has 1 fully saturated rings. The predicted octanol–water partition coefficient (Wildman–Crippen LogP) is 2.42. The van der Waals surface area contributed by atoms with E-state index in [1.165, 1.54) is 16.4 Å². The van der Waals surface area contributed by atoms with Crippen molar-refractivity contribution in [3.8, 4) is 0 Å². The highest BCUT2D eigenvalue weighted by Crippen LogP contribution is 2.27. The van der Waals surface area contributed by atoms with Gasteiger partial charge in [0.05, 0.1) is 23.8 Å². The van der Waals surface area contributed by atoms with Crippen molar-refractivity contribution in [1.29, 1.82) is 0 Å². The van der Waals surface area contributed by atoms with E-state index in [4.69, 9.17) is 16.3 Å². The number of benzene rings is 1. The molecule has 27 heavy (non-hydrogen) atoms. The summed E-state index contributed by atoms with van der Waals surface area (Å²) in [6, 6.07) is 4.51. The quantitative estimate of drug-likeness (QED) is 0.737. The van der Waals surface area contributed by atoms with Crippen molar-refractivity contribution in [1.82, 2.24) is 9.21 Å². The molecule has 7 nitrogen and oxygen atoms in total. The van der Waals surface area contributed by atoms with Crippen LogP contribution in [0.5, 0.6) is 0 Å². The third-order valence-electron chi connectivity index (χ3n) is 4.40. The molecule has 152 valence electrons. The van der Waals surface area contributed by atoms with Crippen molar-refractivity contribution < 1.29 is 17.9 Å². The first-order valence-electron chi connectivity index (χ1n) is 9.14. The van der Waals surface area contributed by atoms with Crippen LogP contribution in [-0.2, 0) is 19.6 Å². The molecule has 0 aliphatic carbocycles. The fourth-order valence-corrected chi connectivity index (χ4v) is 5.26. The van der Waals surface area contributed by atoms with Gasteiger partial charge in [-0.15, -0.1) is 0 Å². The third kappa shape index (κ3) is 5.65. The minimum atomic E-state index is -3.71. The number of carbonyl (C=O) groups excluding carboxylic acids is 1. The standard InChI is InChI=1S/C18H28ClN3O4S/c1-5-22(6-2)27(24,25)17-9-15(7-8-16(17)19)20-18(23)12-21-10-13(3)26-14(4)11-21/h7-9,13-14H,5-6,10-12H2,1-4H3,(H,20,23)/t13-,14-/m0/s1. The van der Waals surface area contributed by atoms with E-state index in [-0.39, 0.29) is 34.6 Å². The molecule has 0 unspecified atom stereocenters. The summed E-state index contributed by atoms with van der Waals surface area (Å²) in [4.78, 5) is 14.4. The van der Waals surface area contributed by atoms with Gasteiger partial charge in [-0.2, -0.15) is 4.31 Å². The monoisotopic (exact) mass is 417 g/mol. The molecular formula is C18H28ClN3O4S. The Bertz CT molecular complexity index is 758. The number of nitrogens with zero attached hydrogens (tertiary/aromatic N) is 2. The van der Waals surface area contributed by atoms with E-state index in [2.05, 4.69) is 5.32 Å². The number of anilines is 1. The van der Waals surface area contributed by atoms with E-state index >= 15 is 0 Å². The number of morpholine rings is 1. The van der Waals surface area contributed by atoms with Crippen molar-refractivity contribution in [2.24, 2.45) is 0 Å². The lowest BCUT2D eigenvalue weighted by Crippen LogP contribution is -2.48. The third-order valence-corrected chi connectivity index (χ3v) is 6.93. The SMILES string of the molecule is CCN(CC)S(=O)(=O)c1cc(NC(=O)CN2C[C@H](C)O[C@@H](C)C2)ccc1Cl. The number of sulfonamides is 1. The van der Waals surface area contributed by atoms with Crippen LogP contribution in [-0.4, -0.2) is 68.5 Å². The Kier molecular flexibility index (Phi) is 7.64. The zero-order chi connectivity index (χ0) is 20.2. The molecule has 0 bridgehead atoms. The topological polar surface area (TPSA) is 79.0 Å². The predicted molar refractivity (Wildman–Crippen MR) is 107 cm³/mol. The van der Waals surface area contributed by atoms with Crippen molar-refractivity contribution >= 4 is 33.2 Å². The number of hydrogen-bond donors (Lipinski definition) is 1. The van der Waals surface area contributed by atoms with Crippen LogP contribution < -0.4 is 5.32 Å². The number of nitrogens with one attached hydrogen (secondary N) is 1. The summed E-state index contributed by atoms with van der Waals surface area (Å²) in [5, 5.41) is 2.91. The maximum Gasteiger partial charge on any atom is 0.244 e. The zero-order valence-electron chi connectivity index (χ0n) is 16.2. The fourth-order valence-electron chi connectivity index (χ4n) is 3.30. The van der Waals surface area contributed by atoms with Gasteiger partial charge in [0, 0.05) is 31.9 Å². The average Bonchev–Trinajstić information content (AvgIpc) is 2.56. The lowest BCUT2D eigenvalue weighted by Gasteiger charge is -2.34. The van der Waals surface area contributed by atoms with Crippen LogP contribution in [0, 0.1) is 0 Å². The molecule has 1 aromatic rings. The zero-order valence-corrected chi connectivity index (χ0v) is 17.8. The Hall–Kier alpha value is -1.19. The first-order chi connectivity index (χ1) is 12.7. The number of halogens is 1. The van der Waals surface area contributed by atoms with Gasteiger partial charge in [0.1, 0.15) is 4.90 Å². The van der Waals surface area contributed by atoms with Gasteiger partial charge in [0.2, 0.25) is 15.9 Å². The summed E-state index contributed by atoms with van der Waals surface area (Å²) in [6.07, 6.45) is 0.144. The number of rotatable bonds is 7. The first-order valence-corrected chi connectivity index (χ1v) is 11.0. The Labute approximate surface area is 166 Å². The van der Waals surface area contributed by atoms with Crippen LogP contribution in [0.3, 0.4) is 0 Å². The highest BCUT2D eigenvalue weighted by molar-refractivity contribution is 7.89. The molecule has 1 amide bonds. The van der Waals surface area contributed by atoms with Crippen LogP contribution in [0.4, 0.5) is 5.69 Å². The molecule has 1 aliphatic rings. The van der Waals surface area contributed by atoms with Crippen molar-refractivity contribution in [3.63, 3.8) is 0 Å². The molecule has 1 aliphatic heterocycles. The van der Waals surface area contributed by atoms with Gasteiger partial charge in [0.25, 0.3) is 0 Å². The van der Waals surface area contributed by atoms with Gasteiger partial charge in [-0.1, -0.05) is 25.4 Å².